The number of carbonyl (C=O) groups excluding carboxylic acids is 2. The fourth-order valence-electron chi connectivity index (χ4n) is 1.03. The molecule has 0 unspecified atom stereocenters. The summed E-state index contributed by atoms with van der Waals surface area (Å²) in [5.41, 5.74) is 0. The SMILES string of the molecule is CCOC(=O)NC(=O)COc1ccc(F)c(F)c1. The fourth-order valence-corrected chi connectivity index (χ4v) is 1.03. The van der Waals surface area contributed by atoms with E-state index in [2.05, 4.69) is 4.74 Å². The van der Waals surface area contributed by atoms with Crippen molar-refractivity contribution in [3.63, 3.8) is 0 Å². The van der Waals surface area contributed by atoms with Crippen LogP contribution in [0.4, 0.5) is 13.6 Å². The quantitative estimate of drug-likeness (QED) is 0.892. The highest BCUT2D eigenvalue weighted by Crippen LogP contribution is 2.14. The molecule has 2 amide bonds. The van der Waals surface area contributed by atoms with Gasteiger partial charge in [-0.25, -0.2) is 13.6 Å². The third-order valence-corrected chi connectivity index (χ3v) is 1.78. The summed E-state index contributed by atoms with van der Waals surface area (Å²) in [7, 11) is 0. The summed E-state index contributed by atoms with van der Waals surface area (Å²) < 4.78 is 34.7. The van der Waals surface area contributed by atoms with E-state index in [1.54, 1.807) is 6.92 Å². The van der Waals surface area contributed by atoms with E-state index in [4.69, 9.17) is 4.74 Å². The number of halogens is 2. The molecule has 0 aliphatic rings. The molecule has 0 saturated carbocycles. The maximum Gasteiger partial charge on any atom is 0.413 e. The van der Waals surface area contributed by atoms with E-state index in [1.807, 2.05) is 5.32 Å². The van der Waals surface area contributed by atoms with Crippen molar-refractivity contribution in [3.05, 3.63) is 29.8 Å². The van der Waals surface area contributed by atoms with Crippen molar-refractivity contribution in [1.29, 1.82) is 0 Å². The first kappa shape index (κ1) is 13.9. The van der Waals surface area contributed by atoms with Crippen LogP contribution in [0.1, 0.15) is 6.92 Å². The first-order valence-electron chi connectivity index (χ1n) is 5.07. The van der Waals surface area contributed by atoms with Crippen molar-refractivity contribution in [1.82, 2.24) is 5.32 Å². The molecular weight excluding hydrogens is 248 g/mol. The van der Waals surface area contributed by atoms with Crippen LogP contribution in [-0.4, -0.2) is 25.2 Å². The van der Waals surface area contributed by atoms with Crippen LogP contribution in [0.25, 0.3) is 0 Å². The number of hydrogen-bond acceptors (Lipinski definition) is 4. The molecule has 18 heavy (non-hydrogen) atoms. The minimum atomic E-state index is -1.08. The lowest BCUT2D eigenvalue weighted by molar-refractivity contribution is -0.122. The Morgan fingerprint density at radius 1 is 1.28 bits per heavy atom. The third kappa shape index (κ3) is 4.36. The number of ether oxygens (including phenoxy) is 2. The van der Waals surface area contributed by atoms with Crippen molar-refractivity contribution in [2.24, 2.45) is 0 Å². The van der Waals surface area contributed by atoms with Crippen LogP contribution in [0.2, 0.25) is 0 Å². The second kappa shape index (κ2) is 6.53. The van der Waals surface area contributed by atoms with Crippen LogP contribution < -0.4 is 10.1 Å². The Morgan fingerprint density at radius 2 is 2.00 bits per heavy atom. The van der Waals surface area contributed by atoms with Crippen LogP contribution in [-0.2, 0) is 9.53 Å². The Hall–Kier alpha value is -2.18. The Kier molecular flexibility index (Phi) is 5.04. The zero-order valence-electron chi connectivity index (χ0n) is 9.54. The molecule has 0 bridgehead atoms. The lowest BCUT2D eigenvalue weighted by Gasteiger charge is -2.06. The van der Waals surface area contributed by atoms with Gasteiger partial charge >= 0.3 is 6.09 Å². The first-order valence-corrected chi connectivity index (χ1v) is 5.07. The summed E-state index contributed by atoms with van der Waals surface area (Å²) in [5.74, 6) is -2.87. The van der Waals surface area contributed by atoms with Gasteiger partial charge in [0.2, 0.25) is 0 Å². The van der Waals surface area contributed by atoms with Crippen LogP contribution in [0.3, 0.4) is 0 Å². The van der Waals surface area contributed by atoms with Gasteiger partial charge in [0, 0.05) is 6.07 Å². The topological polar surface area (TPSA) is 64.6 Å². The van der Waals surface area contributed by atoms with E-state index in [0.29, 0.717) is 0 Å². The predicted molar refractivity (Wildman–Crippen MR) is 57.0 cm³/mol. The van der Waals surface area contributed by atoms with E-state index in [1.165, 1.54) is 0 Å². The molecule has 0 aliphatic carbocycles. The number of hydrogen-bond donors (Lipinski definition) is 1. The average molecular weight is 259 g/mol. The number of amides is 2. The van der Waals surface area contributed by atoms with Crippen molar-refractivity contribution in [2.45, 2.75) is 6.92 Å². The van der Waals surface area contributed by atoms with Crippen LogP contribution in [0.15, 0.2) is 18.2 Å². The Labute approximate surface area is 102 Å². The minimum Gasteiger partial charge on any atom is -0.484 e. The van der Waals surface area contributed by atoms with Gasteiger partial charge in [0.15, 0.2) is 18.2 Å². The second-order valence-electron chi connectivity index (χ2n) is 3.13. The van der Waals surface area contributed by atoms with Crippen LogP contribution >= 0.6 is 0 Å². The van der Waals surface area contributed by atoms with Crippen molar-refractivity contribution in [2.75, 3.05) is 13.2 Å². The Balaban J connectivity index is 2.42. The summed E-state index contributed by atoms with van der Waals surface area (Å²) in [4.78, 5) is 22.0. The van der Waals surface area contributed by atoms with Gasteiger partial charge in [-0.05, 0) is 19.1 Å². The average Bonchev–Trinajstić information content (AvgIpc) is 2.31. The number of carbonyl (C=O) groups is 2. The van der Waals surface area contributed by atoms with E-state index < -0.39 is 30.2 Å². The van der Waals surface area contributed by atoms with Gasteiger partial charge in [0.1, 0.15) is 5.75 Å². The highest BCUT2D eigenvalue weighted by atomic mass is 19.2. The van der Waals surface area contributed by atoms with Gasteiger partial charge in [-0.15, -0.1) is 0 Å². The highest BCUT2D eigenvalue weighted by Gasteiger charge is 2.09. The molecule has 7 heteroatoms. The Bertz CT molecular complexity index is 451. The number of imide groups is 1. The van der Waals surface area contributed by atoms with Gasteiger partial charge in [-0.2, -0.15) is 0 Å². The summed E-state index contributed by atoms with van der Waals surface area (Å²) in [6.07, 6.45) is -0.892. The van der Waals surface area contributed by atoms with Gasteiger partial charge in [-0.1, -0.05) is 0 Å². The van der Waals surface area contributed by atoms with E-state index in [0.717, 1.165) is 18.2 Å². The van der Waals surface area contributed by atoms with Crippen molar-refractivity contribution in [3.8, 4) is 5.75 Å². The molecule has 0 aromatic heterocycles. The fraction of sp³-hybridized carbons (Fsp3) is 0.273. The normalized spacial score (nSPS) is 9.72. The molecule has 1 rings (SSSR count). The maximum atomic E-state index is 12.8. The lowest BCUT2D eigenvalue weighted by atomic mass is 10.3. The van der Waals surface area contributed by atoms with Crippen LogP contribution in [0, 0.1) is 11.6 Å². The van der Waals surface area contributed by atoms with Crippen molar-refractivity contribution < 1.29 is 27.8 Å². The molecule has 1 aromatic carbocycles. The molecule has 0 fully saturated rings. The van der Waals surface area contributed by atoms with Gasteiger partial charge in [-0.3, -0.25) is 10.1 Å². The van der Waals surface area contributed by atoms with Gasteiger partial charge in [0.25, 0.3) is 5.91 Å². The molecular formula is C11H11F2NO4. The van der Waals surface area contributed by atoms with Gasteiger partial charge < -0.3 is 9.47 Å². The summed E-state index contributed by atoms with van der Waals surface area (Å²) in [6, 6.07) is 2.83. The maximum absolute atomic E-state index is 12.8. The molecule has 0 atom stereocenters. The predicted octanol–water partition coefficient (Wildman–Crippen LogP) is 1.62. The zero-order valence-corrected chi connectivity index (χ0v) is 9.54. The first-order chi connectivity index (χ1) is 8.52. The monoisotopic (exact) mass is 259 g/mol. The molecule has 1 aromatic rings. The number of nitrogens with one attached hydrogen (secondary N) is 1. The molecule has 1 N–H and O–H groups in total. The van der Waals surface area contributed by atoms with E-state index in [9.17, 15) is 18.4 Å². The minimum absolute atomic E-state index is 0.0205. The standard InChI is InChI=1S/C11H11F2NO4/c1-2-17-11(16)14-10(15)6-18-7-3-4-8(12)9(13)5-7/h3-5H,2,6H2,1H3,(H,14,15,16). The number of benzene rings is 1. The summed E-state index contributed by atoms with van der Waals surface area (Å²) in [6.45, 7) is 1.20. The molecule has 5 nitrogen and oxygen atoms in total. The molecule has 0 aliphatic heterocycles. The molecule has 0 saturated heterocycles. The molecule has 98 valence electrons. The zero-order chi connectivity index (χ0) is 13.5. The van der Waals surface area contributed by atoms with Crippen LogP contribution in [0.5, 0.6) is 5.75 Å². The number of rotatable bonds is 4. The second-order valence-corrected chi connectivity index (χ2v) is 3.13. The highest BCUT2D eigenvalue weighted by molar-refractivity contribution is 5.92. The smallest absolute Gasteiger partial charge is 0.413 e. The third-order valence-electron chi connectivity index (χ3n) is 1.78. The van der Waals surface area contributed by atoms with Gasteiger partial charge in [0.05, 0.1) is 6.61 Å². The Morgan fingerprint density at radius 3 is 2.61 bits per heavy atom. The van der Waals surface area contributed by atoms with Crippen molar-refractivity contribution >= 4 is 12.0 Å². The largest absolute Gasteiger partial charge is 0.484 e. The summed E-state index contributed by atoms with van der Waals surface area (Å²) in [5, 5.41) is 1.88. The summed E-state index contributed by atoms with van der Waals surface area (Å²) >= 11 is 0. The van der Waals surface area contributed by atoms with E-state index >= 15 is 0 Å². The molecule has 0 radical (unpaired) electrons. The van der Waals surface area contributed by atoms with E-state index in [-0.39, 0.29) is 12.4 Å². The number of alkyl carbamates (subject to hydrolysis) is 1. The molecule has 0 spiro atoms. The molecule has 0 heterocycles. The lowest BCUT2D eigenvalue weighted by Crippen LogP contribution is -2.34.